The summed E-state index contributed by atoms with van der Waals surface area (Å²) >= 11 is 0. The van der Waals surface area contributed by atoms with Crippen molar-refractivity contribution in [2.24, 2.45) is 0 Å². The molecule has 9 heteroatoms. The molecule has 0 aliphatic carbocycles. The van der Waals surface area contributed by atoms with Gasteiger partial charge in [0.2, 0.25) is 0 Å². The minimum Gasteiger partial charge on any atom is -0.334 e. The molecule has 1 fully saturated rings. The zero-order valence-electron chi connectivity index (χ0n) is 17.6. The summed E-state index contributed by atoms with van der Waals surface area (Å²) in [5, 5.41) is 0. The third-order valence-corrected chi connectivity index (χ3v) is 5.31. The van der Waals surface area contributed by atoms with Crippen molar-refractivity contribution in [1.82, 2.24) is 29.2 Å². The zero-order chi connectivity index (χ0) is 22.0. The first-order valence-corrected chi connectivity index (χ1v) is 10.1. The van der Waals surface area contributed by atoms with E-state index in [-0.39, 0.29) is 11.7 Å². The molecule has 0 radical (unpaired) electrons. The lowest BCUT2D eigenvalue weighted by atomic mass is 10.2. The van der Waals surface area contributed by atoms with Crippen LogP contribution in [0.3, 0.4) is 0 Å². The van der Waals surface area contributed by atoms with Crippen molar-refractivity contribution >= 4 is 23.1 Å². The van der Waals surface area contributed by atoms with E-state index in [0.29, 0.717) is 43.9 Å². The van der Waals surface area contributed by atoms with Gasteiger partial charge in [0.1, 0.15) is 5.52 Å². The second kappa shape index (κ2) is 8.55. The number of fused-ring (bicyclic) bond motifs is 1. The Morgan fingerprint density at radius 2 is 1.65 bits per heavy atom. The van der Waals surface area contributed by atoms with Gasteiger partial charge >= 0.3 is 6.03 Å². The van der Waals surface area contributed by atoms with E-state index >= 15 is 0 Å². The number of hydrogen-bond acceptors (Lipinski definition) is 5. The Kier molecular flexibility index (Phi) is 5.66. The van der Waals surface area contributed by atoms with Gasteiger partial charge in [-0.1, -0.05) is 30.3 Å². The lowest BCUT2D eigenvalue weighted by molar-refractivity contribution is 0.0642. The molecular formula is C22H24N6O3. The van der Waals surface area contributed by atoms with Gasteiger partial charge in [-0.15, -0.1) is 0 Å². The lowest BCUT2D eigenvalue weighted by Crippen LogP contribution is -2.53. The predicted octanol–water partition coefficient (Wildman–Crippen LogP) is 1.28. The summed E-state index contributed by atoms with van der Waals surface area (Å²) in [6.07, 6.45) is 1.60. The van der Waals surface area contributed by atoms with Crippen LogP contribution in [0.25, 0.3) is 11.2 Å². The van der Waals surface area contributed by atoms with E-state index in [4.69, 9.17) is 0 Å². The highest BCUT2D eigenvalue weighted by Crippen LogP contribution is 2.12. The van der Waals surface area contributed by atoms with Crippen LogP contribution in [0.2, 0.25) is 0 Å². The van der Waals surface area contributed by atoms with Gasteiger partial charge in [-0.2, -0.15) is 0 Å². The van der Waals surface area contributed by atoms with E-state index in [1.54, 1.807) is 42.2 Å². The molecule has 0 N–H and O–H groups in total. The van der Waals surface area contributed by atoms with Gasteiger partial charge in [0, 0.05) is 46.5 Å². The molecule has 1 aromatic carbocycles. The molecule has 0 bridgehead atoms. The topological polar surface area (TPSA) is 91.6 Å². The number of piperazine rings is 1. The van der Waals surface area contributed by atoms with Gasteiger partial charge in [0.05, 0.1) is 6.54 Å². The number of urea groups is 1. The van der Waals surface area contributed by atoms with Gasteiger partial charge < -0.3 is 14.7 Å². The Hall–Kier alpha value is -3.75. The lowest BCUT2D eigenvalue weighted by Gasteiger charge is -2.35. The molecule has 3 amide bonds. The third kappa shape index (κ3) is 4.11. The van der Waals surface area contributed by atoms with E-state index in [1.165, 1.54) is 9.47 Å². The summed E-state index contributed by atoms with van der Waals surface area (Å²) in [5.74, 6) is -0.422. The minimum atomic E-state index is -0.466. The van der Waals surface area contributed by atoms with Crippen LogP contribution in [0.5, 0.6) is 0 Å². The Morgan fingerprint density at radius 3 is 2.32 bits per heavy atom. The number of carbonyl (C=O) groups is 2. The van der Waals surface area contributed by atoms with Gasteiger partial charge in [0.15, 0.2) is 11.3 Å². The van der Waals surface area contributed by atoms with Gasteiger partial charge in [0.25, 0.3) is 11.5 Å². The standard InChI is InChI=1S/C22H24N6O3/c1-25(2)22(31)27-13-11-26(12-14-27)20(29)18-21(30)28(15-16-7-4-3-5-8-16)19-17(24-18)9-6-10-23-19/h3-10H,11-15H2,1-2H3. The van der Waals surface area contributed by atoms with Crippen molar-refractivity contribution in [3.8, 4) is 0 Å². The van der Waals surface area contributed by atoms with Crippen LogP contribution < -0.4 is 5.56 Å². The van der Waals surface area contributed by atoms with Crippen LogP contribution in [-0.4, -0.2) is 81.4 Å². The quantitative estimate of drug-likeness (QED) is 0.637. The monoisotopic (exact) mass is 420 g/mol. The molecule has 9 nitrogen and oxygen atoms in total. The van der Waals surface area contributed by atoms with E-state index in [1.807, 2.05) is 30.3 Å². The minimum absolute atomic E-state index is 0.0905. The summed E-state index contributed by atoms with van der Waals surface area (Å²) in [7, 11) is 3.39. The molecule has 1 aliphatic heterocycles. The number of carbonyl (C=O) groups excluding carboxylic acids is 2. The van der Waals surface area contributed by atoms with E-state index < -0.39 is 11.5 Å². The molecule has 2 aromatic heterocycles. The van der Waals surface area contributed by atoms with Crippen molar-refractivity contribution in [3.05, 3.63) is 70.3 Å². The number of rotatable bonds is 3. The molecule has 4 rings (SSSR count). The number of nitrogens with zero attached hydrogens (tertiary/aromatic N) is 6. The number of aromatic nitrogens is 3. The van der Waals surface area contributed by atoms with Gasteiger partial charge in [-0.05, 0) is 17.7 Å². The summed E-state index contributed by atoms with van der Waals surface area (Å²) in [4.78, 5) is 52.1. The molecule has 0 atom stereocenters. The van der Waals surface area contributed by atoms with Crippen LogP contribution in [0.15, 0.2) is 53.5 Å². The molecule has 3 heterocycles. The first kappa shape index (κ1) is 20.5. The van der Waals surface area contributed by atoms with Crippen molar-refractivity contribution in [3.63, 3.8) is 0 Å². The Balaban J connectivity index is 1.65. The van der Waals surface area contributed by atoms with Crippen molar-refractivity contribution < 1.29 is 9.59 Å². The highest BCUT2D eigenvalue weighted by molar-refractivity contribution is 5.93. The maximum atomic E-state index is 13.3. The van der Waals surface area contributed by atoms with Crippen molar-refractivity contribution in [2.45, 2.75) is 6.54 Å². The van der Waals surface area contributed by atoms with Crippen molar-refractivity contribution in [1.29, 1.82) is 0 Å². The van der Waals surface area contributed by atoms with E-state index in [0.717, 1.165) is 5.56 Å². The highest BCUT2D eigenvalue weighted by atomic mass is 16.2. The number of pyridine rings is 1. The fourth-order valence-corrected chi connectivity index (χ4v) is 3.66. The normalized spacial score (nSPS) is 14.0. The summed E-state index contributed by atoms with van der Waals surface area (Å²) in [5.41, 5.74) is 1.27. The molecule has 1 aliphatic rings. The molecule has 0 spiro atoms. The molecule has 31 heavy (non-hydrogen) atoms. The maximum Gasteiger partial charge on any atom is 0.319 e. The molecule has 3 aromatic rings. The molecule has 0 unspecified atom stereocenters. The van der Waals surface area contributed by atoms with Crippen LogP contribution >= 0.6 is 0 Å². The van der Waals surface area contributed by atoms with E-state index in [2.05, 4.69) is 9.97 Å². The Morgan fingerprint density at radius 1 is 0.968 bits per heavy atom. The van der Waals surface area contributed by atoms with Crippen molar-refractivity contribution in [2.75, 3.05) is 40.3 Å². The maximum absolute atomic E-state index is 13.3. The largest absolute Gasteiger partial charge is 0.334 e. The van der Waals surface area contributed by atoms with Crippen LogP contribution in [0, 0.1) is 0 Å². The number of amides is 3. The third-order valence-electron chi connectivity index (χ3n) is 5.31. The number of benzene rings is 1. The fraction of sp³-hybridized carbons (Fsp3) is 0.318. The molecular weight excluding hydrogens is 396 g/mol. The predicted molar refractivity (Wildman–Crippen MR) is 116 cm³/mol. The first-order valence-electron chi connectivity index (χ1n) is 10.1. The zero-order valence-corrected chi connectivity index (χ0v) is 17.6. The Bertz CT molecular complexity index is 1170. The van der Waals surface area contributed by atoms with Crippen LogP contribution in [0.1, 0.15) is 16.1 Å². The fourth-order valence-electron chi connectivity index (χ4n) is 3.66. The SMILES string of the molecule is CN(C)C(=O)N1CCN(C(=O)c2nc3cccnc3n(Cc3ccccc3)c2=O)CC1. The van der Waals surface area contributed by atoms with Crippen LogP contribution in [0.4, 0.5) is 4.79 Å². The summed E-state index contributed by atoms with van der Waals surface area (Å²) < 4.78 is 1.50. The molecule has 0 saturated carbocycles. The molecule has 160 valence electrons. The van der Waals surface area contributed by atoms with Gasteiger partial charge in [-0.25, -0.2) is 14.8 Å². The second-order valence-corrected chi connectivity index (χ2v) is 7.64. The Labute approximate surface area is 179 Å². The number of hydrogen-bond donors (Lipinski definition) is 0. The highest BCUT2D eigenvalue weighted by Gasteiger charge is 2.28. The van der Waals surface area contributed by atoms with E-state index in [9.17, 15) is 14.4 Å². The first-order chi connectivity index (χ1) is 15.0. The smallest absolute Gasteiger partial charge is 0.319 e. The average Bonchev–Trinajstić information content (AvgIpc) is 2.80. The van der Waals surface area contributed by atoms with Gasteiger partial charge in [-0.3, -0.25) is 14.2 Å². The summed E-state index contributed by atoms with van der Waals surface area (Å²) in [6.45, 7) is 1.82. The van der Waals surface area contributed by atoms with Crippen LogP contribution in [-0.2, 0) is 6.54 Å². The average molecular weight is 420 g/mol. The summed E-state index contributed by atoms with van der Waals surface area (Å²) in [6, 6.07) is 12.9. The second-order valence-electron chi connectivity index (χ2n) is 7.64. The molecule has 1 saturated heterocycles.